The Morgan fingerprint density at radius 3 is 2.78 bits per heavy atom. The predicted molar refractivity (Wildman–Crippen MR) is 30.5 cm³/mol. The van der Waals surface area contributed by atoms with Gasteiger partial charge < -0.3 is 5.73 Å². The molecule has 0 unspecified atom stereocenters. The second-order valence-electron chi connectivity index (χ2n) is 1.78. The Morgan fingerprint density at radius 1 is 1.89 bits per heavy atom. The SMILES string of the molecule is C[n+]1cc[nH]c1C(N)=O. The summed E-state index contributed by atoms with van der Waals surface area (Å²) in [6.07, 6.45) is 3.38. The summed E-state index contributed by atoms with van der Waals surface area (Å²) in [5, 5.41) is 0. The molecule has 0 bridgehead atoms. The van der Waals surface area contributed by atoms with Crippen LogP contribution in [0.5, 0.6) is 0 Å². The number of nitrogens with two attached hydrogens (primary N) is 1. The summed E-state index contributed by atoms with van der Waals surface area (Å²) in [5.74, 6) is -0.0301. The summed E-state index contributed by atoms with van der Waals surface area (Å²) in [6, 6.07) is 0. The maximum atomic E-state index is 10.5. The third kappa shape index (κ3) is 0.910. The smallest absolute Gasteiger partial charge is 0.345 e. The zero-order valence-electron chi connectivity index (χ0n) is 5.09. The van der Waals surface area contributed by atoms with Crippen molar-refractivity contribution in [1.82, 2.24) is 4.98 Å². The van der Waals surface area contributed by atoms with Gasteiger partial charge in [0.1, 0.15) is 12.4 Å². The molecule has 0 spiro atoms. The molecule has 1 aromatic heterocycles. The van der Waals surface area contributed by atoms with Gasteiger partial charge in [-0.3, -0.25) is 4.79 Å². The highest BCUT2D eigenvalue weighted by atomic mass is 16.1. The molecule has 1 rings (SSSR count). The highest BCUT2D eigenvalue weighted by molar-refractivity contribution is 5.87. The van der Waals surface area contributed by atoms with Crippen molar-refractivity contribution in [2.24, 2.45) is 12.8 Å². The molecule has 1 aromatic rings. The van der Waals surface area contributed by atoms with Crippen LogP contribution in [0.4, 0.5) is 0 Å². The number of hydrogen-bond donors (Lipinski definition) is 2. The summed E-state index contributed by atoms with van der Waals surface area (Å²) < 4.78 is 1.63. The van der Waals surface area contributed by atoms with Gasteiger partial charge in [-0.05, 0) is 0 Å². The van der Waals surface area contributed by atoms with Crippen LogP contribution in [0.25, 0.3) is 0 Å². The molecule has 0 saturated heterocycles. The van der Waals surface area contributed by atoms with Gasteiger partial charge in [0.2, 0.25) is 0 Å². The molecule has 1 amide bonds. The average molecular weight is 126 g/mol. The van der Waals surface area contributed by atoms with Gasteiger partial charge in [-0.1, -0.05) is 0 Å². The molecule has 0 aromatic carbocycles. The highest BCUT2D eigenvalue weighted by Crippen LogP contribution is 1.79. The lowest BCUT2D eigenvalue weighted by Gasteiger charge is -1.83. The van der Waals surface area contributed by atoms with Crippen LogP contribution in [0, 0.1) is 0 Å². The number of aromatic amines is 1. The fourth-order valence-corrected chi connectivity index (χ4v) is 0.649. The number of amides is 1. The van der Waals surface area contributed by atoms with Crippen LogP contribution in [0.15, 0.2) is 12.4 Å². The Morgan fingerprint density at radius 2 is 2.56 bits per heavy atom. The van der Waals surface area contributed by atoms with Gasteiger partial charge >= 0.3 is 11.7 Å². The average Bonchev–Trinajstić information content (AvgIpc) is 2.13. The van der Waals surface area contributed by atoms with Crippen molar-refractivity contribution >= 4 is 5.91 Å². The van der Waals surface area contributed by atoms with Crippen molar-refractivity contribution < 1.29 is 9.36 Å². The Hall–Kier alpha value is -1.32. The van der Waals surface area contributed by atoms with Crippen LogP contribution >= 0.6 is 0 Å². The van der Waals surface area contributed by atoms with Crippen LogP contribution in [-0.4, -0.2) is 10.9 Å². The first-order chi connectivity index (χ1) is 4.22. The molecule has 0 aliphatic heterocycles. The van der Waals surface area contributed by atoms with Crippen molar-refractivity contribution in [3.05, 3.63) is 18.2 Å². The van der Waals surface area contributed by atoms with Gasteiger partial charge in [-0.25, -0.2) is 9.55 Å². The van der Waals surface area contributed by atoms with E-state index < -0.39 is 5.91 Å². The lowest BCUT2D eigenvalue weighted by atomic mass is 10.6. The molecule has 0 aliphatic rings. The summed E-state index contributed by atoms with van der Waals surface area (Å²) in [4.78, 5) is 13.1. The first-order valence-corrected chi connectivity index (χ1v) is 2.54. The van der Waals surface area contributed by atoms with E-state index in [1.807, 2.05) is 0 Å². The number of H-pyrrole nitrogens is 1. The standard InChI is InChI=1S/C5H7N3O/c1-8-3-2-7-5(8)4(6)9/h2-3H,1H3,(H2,6,9)/p+1. The van der Waals surface area contributed by atoms with E-state index in [1.54, 1.807) is 24.0 Å². The summed E-state index contributed by atoms with van der Waals surface area (Å²) in [7, 11) is 1.75. The minimum Gasteiger partial charge on any atom is -0.359 e. The van der Waals surface area contributed by atoms with Gasteiger partial charge in [0.15, 0.2) is 0 Å². The molecule has 3 N–H and O–H groups in total. The summed E-state index contributed by atoms with van der Waals surface area (Å²) in [5.41, 5.74) is 4.97. The second-order valence-corrected chi connectivity index (χ2v) is 1.78. The molecule has 0 aliphatic carbocycles. The second kappa shape index (κ2) is 1.89. The molecule has 0 fully saturated rings. The monoisotopic (exact) mass is 126 g/mol. The first-order valence-electron chi connectivity index (χ1n) is 2.54. The molecule has 4 heteroatoms. The predicted octanol–water partition coefficient (Wildman–Crippen LogP) is -1.06. The lowest BCUT2D eigenvalue weighted by Crippen LogP contribution is -2.36. The maximum Gasteiger partial charge on any atom is 0.345 e. The van der Waals surface area contributed by atoms with E-state index >= 15 is 0 Å². The number of carbonyl (C=O) groups excluding carboxylic acids is 1. The fourth-order valence-electron chi connectivity index (χ4n) is 0.649. The fraction of sp³-hybridized carbons (Fsp3) is 0.200. The third-order valence-corrected chi connectivity index (χ3v) is 1.10. The first kappa shape index (κ1) is 5.81. The number of nitrogens with one attached hydrogen (secondary N) is 1. The highest BCUT2D eigenvalue weighted by Gasteiger charge is 2.11. The Kier molecular flexibility index (Phi) is 1.22. The van der Waals surface area contributed by atoms with E-state index in [-0.39, 0.29) is 0 Å². The van der Waals surface area contributed by atoms with Crippen molar-refractivity contribution in [1.29, 1.82) is 0 Å². The Balaban J connectivity index is 3.08. The molecule has 4 nitrogen and oxygen atoms in total. The number of rotatable bonds is 1. The van der Waals surface area contributed by atoms with Crippen LogP contribution in [0.3, 0.4) is 0 Å². The number of aryl methyl sites for hydroxylation is 1. The number of aromatic nitrogens is 2. The van der Waals surface area contributed by atoms with Crippen molar-refractivity contribution in [2.75, 3.05) is 0 Å². The van der Waals surface area contributed by atoms with Crippen LogP contribution < -0.4 is 10.3 Å². The van der Waals surface area contributed by atoms with Crippen LogP contribution in [-0.2, 0) is 7.05 Å². The van der Waals surface area contributed by atoms with E-state index in [4.69, 9.17) is 5.73 Å². The van der Waals surface area contributed by atoms with E-state index in [9.17, 15) is 4.79 Å². The number of hydrogen-bond acceptors (Lipinski definition) is 1. The number of nitrogens with zero attached hydrogens (tertiary/aromatic N) is 1. The van der Waals surface area contributed by atoms with E-state index in [0.29, 0.717) is 5.82 Å². The normalized spacial score (nSPS) is 9.44. The minimum atomic E-state index is -0.442. The zero-order chi connectivity index (χ0) is 6.85. The topological polar surface area (TPSA) is 62.8 Å². The van der Waals surface area contributed by atoms with Gasteiger partial charge in [0, 0.05) is 0 Å². The van der Waals surface area contributed by atoms with Crippen LogP contribution in [0.2, 0.25) is 0 Å². The van der Waals surface area contributed by atoms with Crippen molar-refractivity contribution in [2.45, 2.75) is 0 Å². The summed E-state index contributed by atoms with van der Waals surface area (Å²) >= 11 is 0. The van der Waals surface area contributed by atoms with E-state index in [1.165, 1.54) is 0 Å². The number of imidazole rings is 1. The third-order valence-electron chi connectivity index (χ3n) is 1.10. The van der Waals surface area contributed by atoms with E-state index in [2.05, 4.69) is 4.98 Å². The molecule has 1 heterocycles. The number of carbonyl (C=O) groups is 1. The zero-order valence-corrected chi connectivity index (χ0v) is 5.09. The van der Waals surface area contributed by atoms with Gasteiger partial charge in [-0.15, -0.1) is 0 Å². The molecule has 0 radical (unpaired) electrons. The van der Waals surface area contributed by atoms with Gasteiger partial charge in [0.25, 0.3) is 0 Å². The van der Waals surface area contributed by atoms with Crippen LogP contribution in [0.1, 0.15) is 10.6 Å². The molecule has 0 atom stereocenters. The molecule has 0 saturated carbocycles. The lowest BCUT2D eigenvalue weighted by molar-refractivity contribution is -0.672. The van der Waals surface area contributed by atoms with E-state index in [0.717, 1.165) is 0 Å². The molecular weight excluding hydrogens is 118 g/mol. The quantitative estimate of drug-likeness (QED) is 0.463. The van der Waals surface area contributed by atoms with Crippen molar-refractivity contribution in [3.63, 3.8) is 0 Å². The summed E-state index contributed by atoms with van der Waals surface area (Å²) in [6.45, 7) is 0. The Bertz CT molecular complexity index is 228. The molecule has 9 heavy (non-hydrogen) atoms. The number of primary amides is 1. The minimum absolute atomic E-state index is 0.412. The maximum absolute atomic E-state index is 10.5. The molecule has 48 valence electrons. The van der Waals surface area contributed by atoms with Gasteiger partial charge in [0.05, 0.1) is 7.05 Å². The largest absolute Gasteiger partial charge is 0.359 e. The van der Waals surface area contributed by atoms with Gasteiger partial charge in [-0.2, -0.15) is 0 Å². The van der Waals surface area contributed by atoms with Crippen molar-refractivity contribution in [3.8, 4) is 0 Å². The molecular formula is C5H8N3O+. The Labute approximate surface area is 52.3 Å².